The van der Waals surface area contributed by atoms with E-state index in [0.29, 0.717) is 0 Å². The topological polar surface area (TPSA) is 12.9 Å². The molecule has 0 aliphatic carbocycles. The summed E-state index contributed by atoms with van der Waals surface area (Å²) in [6.45, 7) is 0. The number of hydrogen-bond acceptors (Lipinski definition) is 3. The van der Waals surface area contributed by atoms with Gasteiger partial charge in [0, 0.05) is 5.38 Å². The molecule has 0 unspecified atom stereocenters. The molecule has 1 aromatic rings. The van der Waals surface area contributed by atoms with Gasteiger partial charge in [-0.2, -0.15) is 0 Å². The molecule has 4 heteroatoms. The predicted molar refractivity (Wildman–Crippen MR) is 30.5 cm³/mol. The van der Waals surface area contributed by atoms with Crippen LogP contribution in [0.4, 0.5) is 0 Å². The fourth-order valence-corrected chi connectivity index (χ4v) is 0.942. The van der Waals surface area contributed by atoms with Crippen molar-refractivity contribution < 1.29 is 31.0 Å². The van der Waals surface area contributed by atoms with Crippen molar-refractivity contribution in [3.63, 3.8) is 0 Å². The molecule has 0 saturated heterocycles. The summed E-state index contributed by atoms with van der Waals surface area (Å²) in [5.74, 6) is 0. The zero-order valence-electron chi connectivity index (χ0n) is 4.96. The predicted octanol–water partition coefficient (Wildman–Crippen LogP) is -1.45. The van der Waals surface area contributed by atoms with Crippen molar-refractivity contribution in [1.82, 2.24) is 4.98 Å². The van der Waals surface area contributed by atoms with Gasteiger partial charge < -0.3 is 1.43 Å². The van der Waals surface area contributed by atoms with Gasteiger partial charge in [0.2, 0.25) is 0 Å². The molecule has 0 amide bonds. The number of hydrogen-bond donors (Lipinski definition) is 1. The summed E-state index contributed by atoms with van der Waals surface area (Å²) >= 11 is 5.49. The first-order valence-corrected chi connectivity index (χ1v) is 2.86. The third kappa shape index (κ3) is 2.72. The van der Waals surface area contributed by atoms with Crippen LogP contribution >= 0.6 is 24.0 Å². The van der Waals surface area contributed by atoms with E-state index in [-0.39, 0.29) is 31.0 Å². The number of aromatic nitrogens is 1. The maximum atomic E-state index is 3.93. The van der Waals surface area contributed by atoms with Gasteiger partial charge in [-0.25, -0.2) is 4.98 Å². The molecule has 0 aliphatic heterocycles. The zero-order valence-corrected chi connectivity index (χ0v) is 7.67. The van der Waals surface area contributed by atoms with Crippen LogP contribution in [0.3, 0.4) is 0 Å². The summed E-state index contributed by atoms with van der Waals surface area (Å²) in [5, 5.41) is 2.68. The van der Waals surface area contributed by atoms with Crippen molar-refractivity contribution in [1.29, 1.82) is 0 Å². The second-order valence-electron chi connectivity index (χ2n) is 0.847. The Kier molecular flexibility index (Phi) is 4.47. The van der Waals surface area contributed by atoms with Crippen LogP contribution in [0.25, 0.3) is 0 Å². The fraction of sp³-hybridized carbons (Fsp3) is 0. The molecule has 0 spiro atoms. The Labute approximate surface area is 75.3 Å². The van der Waals surface area contributed by atoms with Crippen LogP contribution < -0.4 is 29.6 Å². The molecule has 1 rings (SSSR count). The minimum absolute atomic E-state index is 0. The first kappa shape index (κ1) is 7.98. The van der Waals surface area contributed by atoms with Gasteiger partial charge in [0.1, 0.15) is 5.03 Å². The van der Waals surface area contributed by atoms with Crippen LogP contribution in [0.5, 0.6) is 0 Å². The Morgan fingerprint density at radius 3 is 2.71 bits per heavy atom. The van der Waals surface area contributed by atoms with Crippen molar-refractivity contribution in [2.24, 2.45) is 0 Å². The molecule has 0 aliphatic rings. The summed E-state index contributed by atoms with van der Waals surface area (Å²) < 4.78 is 0. The second-order valence-corrected chi connectivity index (χ2v) is 2.02. The Hall–Kier alpha value is 0.980. The Balaban J connectivity index is 0. The van der Waals surface area contributed by atoms with Crippen LogP contribution in [0.15, 0.2) is 15.9 Å². The van der Waals surface area contributed by atoms with Crippen LogP contribution in [0.2, 0.25) is 0 Å². The van der Waals surface area contributed by atoms with E-state index < -0.39 is 0 Å². The van der Waals surface area contributed by atoms with Crippen LogP contribution in [0.1, 0.15) is 1.43 Å². The summed E-state index contributed by atoms with van der Waals surface area (Å²) in [6.07, 6.45) is 0. The molecule has 7 heavy (non-hydrogen) atoms. The minimum atomic E-state index is 0. The quantitative estimate of drug-likeness (QED) is 0.344. The summed E-state index contributed by atoms with van der Waals surface area (Å²) in [6, 6.07) is 0. The van der Waals surface area contributed by atoms with E-state index in [1.807, 2.05) is 5.38 Å². The normalized spacial score (nSPS) is 7.57. The molecule has 0 radical (unpaired) electrons. The van der Waals surface area contributed by atoms with Gasteiger partial charge in [0.15, 0.2) is 0 Å². The van der Waals surface area contributed by atoms with Gasteiger partial charge in [-0.3, -0.25) is 0 Å². The Morgan fingerprint density at radius 2 is 2.57 bits per heavy atom. The standard InChI is InChI=1S/C3H3NS2.Na.H/c5-3-1-6-2-4-3;;/h1-2,5H;;/q;+1;-1. The van der Waals surface area contributed by atoms with Crippen molar-refractivity contribution in [2.45, 2.75) is 5.03 Å². The van der Waals surface area contributed by atoms with Gasteiger partial charge in [0.25, 0.3) is 0 Å². The molecule has 34 valence electrons. The Bertz CT molecular complexity index is 121. The summed E-state index contributed by atoms with van der Waals surface area (Å²) in [7, 11) is 0. The van der Waals surface area contributed by atoms with Crippen molar-refractivity contribution in [3.8, 4) is 0 Å². The maximum Gasteiger partial charge on any atom is 1.00 e. The van der Waals surface area contributed by atoms with E-state index >= 15 is 0 Å². The van der Waals surface area contributed by atoms with Gasteiger partial charge in [0.05, 0.1) is 5.51 Å². The number of thiol groups is 1. The van der Waals surface area contributed by atoms with E-state index in [4.69, 9.17) is 0 Å². The third-order valence-corrected chi connectivity index (χ3v) is 1.43. The minimum Gasteiger partial charge on any atom is -1.00 e. The van der Waals surface area contributed by atoms with Gasteiger partial charge in [-0.15, -0.1) is 24.0 Å². The molecule has 0 atom stereocenters. The molecule has 0 N–H and O–H groups in total. The number of rotatable bonds is 0. The van der Waals surface area contributed by atoms with Crippen molar-refractivity contribution in [3.05, 3.63) is 10.9 Å². The van der Waals surface area contributed by atoms with Gasteiger partial charge >= 0.3 is 29.6 Å². The monoisotopic (exact) mass is 141 g/mol. The molecule has 1 aromatic heterocycles. The van der Waals surface area contributed by atoms with Gasteiger partial charge in [-0.05, 0) is 0 Å². The Morgan fingerprint density at radius 1 is 1.86 bits per heavy atom. The van der Waals surface area contributed by atoms with E-state index in [1.165, 1.54) is 0 Å². The molecule has 1 nitrogen and oxygen atoms in total. The SMILES string of the molecule is Sc1cscn1.[H-].[Na+]. The smallest absolute Gasteiger partial charge is 1.00 e. The summed E-state index contributed by atoms with van der Waals surface area (Å²) in [4.78, 5) is 3.80. The largest absolute Gasteiger partial charge is 1.00 e. The first-order valence-electron chi connectivity index (χ1n) is 1.47. The van der Waals surface area contributed by atoms with Crippen LogP contribution in [0, 0.1) is 0 Å². The van der Waals surface area contributed by atoms with E-state index in [1.54, 1.807) is 16.8 Å². The molecular weight excluding hydrogens is 137 g/mol. The third-order valence-electron chi connectivity index (χ3n) is 0.419. The fourth-order valence-electron chi connectivity index (χ4n) is 0.206. The van der Waals surface area contributed by atoms with E-state index in [2.05, 4.69) is 17.6 Å². The number of thiazole rings is 1. The maximum absolute atomic E-state index is 3.93. The molecule has 0 aromatic carbocycles. The zero-order chi connectivity index (χ0) is 4.41. The first-order chi connectivity index (χ1) is 2.89. The summed E-state index contributed by atoms with van der Waals surface area (Å²) in [5.41, 5.74) is 1.75. The molecular formula is C3H4NNaS2. The second kappa shape index (κ2) is 3.92. The van der Waals surface area contributed by atoms with Gasteiger partial charge in [-0.1, -0.05) is 0 Å². The van der Waals surface area contributed by atoms with Crippen molar-refractivity contribution in [2.75, 3.05) is 0 Å². The number of nitrogens with zero attached hydrogens (tertiary/aromatic N) is 1. The van der Waals surface area contributed by atoms with Crippen LogP contribution in [-0.2, 0) is 0 Å². The molecule has 0 fully saturated rings. The molecule has 1 heterocycles. The van der Waals surface area contributed by atoms with Crippen molar-refractivity contribution >= 4 is 24.0 Å². The molecule has 0 saturated carbocycles. The molecule has 0 bridgehead atoms. The average molecular weight is 141 g/mol. The van der Waals surface area contributed by atoms with E-state index in [0.717, 1.165) is 5.03 Å². The average Bonchev–Trinajstić information content (AvgIpc) is 1.86. The van der Waals surface area contributed by atoms with E-state index in [9.17, 15) is 0 Å². The van der Waals surface area contributed by atoms with Crippen LogP contribution in [-0.4, -0.2) is 4.98 Å².